The van der Waals surface area contributed by atoms with Crippen LogP contribution in [0.3, 0.4) is 0 Å². The Hall–Kier alpha value is -2.67. The normalized spacial score (nSPS) is 14.7. The predicted octanol–water partition coefficient (Wildman–Crippen LogP) is 4.37. The summed E-state index contributed by atoms with van der Waals surface area (Å²) in [6, 6.07) is 7.17. The third-order valence-electron chi connectivity index (χ3n) is 5.34. The predicted molar refractivity (Wildman–Crippen MR) is 124 cm³/mol. The maximum atomic E-state index is 13.0. The summed E-state index contributed by atoms with van der Waals surface area (Å²) in [5, 5.41) is 3.02. The van der Waals surface area contributed by atoms with Crippen LogP contribution in [0.4, 0.5) is 0 Å². The molecule has 1 aliphatic rings. The molecule has 2 aromatic carbocycles. The Morgan fingerprint density at radius 2 is 1.87 bits per heavy atom. The molecule has 166 valence electrons. The average Bonchev–Trinajstić information content (AvgIpc) is 2.99. The highest BCUT2D eigenvalue weighted by Crippen LogP contribution is 2.50. The van der Waals surface area contributed by atoms with Gasteiger partial charge in [0.2, 0.25) is 11.7 Å². The van der Waals surface area contributed by atoms with E-state index in [4.69, 9.17) is 14.2 Å². The number of amides is 1. The molecular formula is C24H29NO5S. The zero-order chi connectivity index (χ0) is 22.5. The molecular weight excluding hydrogens is 414 g/mol. The molecule has 0 unspecified atom stereocenters. The van der Waals surface area contributed by atoms with Crippen molar-refractivity contribution in [3.8, 4) is 28.4 Å². The molecule has 0 aliphatic heterocycles. The van der Waals surface area contributed by atoms with Crippen molar-refractivity contribution >= 4 is 17.7 Å². The molecule has 1 amide bonds. The Balaban J connectivity index is 2.36. The number of hydrogen-bond donors (Lipinski definition) is 1. The summed E-state index contributed by atoms with van der Waals surface area (Å²) in [6.07, 6.45) is 2.31. The van der Waals surface area contributed by atoms with Crippen molar-refractivity contribution in [1.29, 1.82) is 0 Å². The van der Waals surface area contributed by atoms with Crippen LogP contribution in [-0.2, 0) is 11.2 Å². The number of rotatable bonds is 7. The van der Waals surface area contributed by atoms with Gasteiger partial charge in [-0.1, -0.05) is 13.0 Å². The van der Waals surface area contributed by atoms with Crippen molar-refractivity contribution in [3.05, 3.63) is 45.6 Å². The Labute approximate surface area is 187 Å². The fourth-order valence-electron chi connectivity index (χ4n) is 4.02. The Morgan fingerprint density at radius 1 is 1.13 bits per heavy atom. The molecule has 0 aromatic heterocycles. The first-order valence-electron chi connectivity index (χ1n) is 10.3. The van der Waals surface area contributed by atoms with Gasteiger partial charge in [-0.25, -0.2) is 0 Å². The first-order valence-corrected chi connectivity index (χ1v) is 11.3. The number of fused-ring (bicyclic) bond motifs is 3. The number of nitrogens with one attached hydrogen (secondary N) is 1. The molecule has 0 spiro atoms. The molecule has 31 heavy (non-hydrogen) atoms. The van der Waals surface area contributed by atoms with E-state index in [-0.39, 0.29) is 17.4 Å². The molecule has 1 aliphatic carbocycles. The lowest BCUT2D eigenvalue weighted by atomic mass is 9.95. The van der Waals surface area contributed by atoms with Gasteiger partial charge in [0.1, 0.15) is 0 Å². The van der Waals surface area contributed by atoms with Gasteiger partial charge in [-0.05, 0) is 59.9 Å². The Kier molecular flexibility index (Phi) is 7.49. The van der Waals surface area contributed by atoms with Crippen molar-refractivity contribution in [2.24, 2.45) is 0 Å². The molecule has 1 N–H and O–H groups in total. The molecule has 0 saturated carbocycles. The smallest absolute Gasteiger partial charge is 0.217 e. The highest BCUT2D eigenvalue weighted by molar-refractivity contribution is 7.99. The number of carbonyl (C=O) groups excluding carboxylic acids is 1. The minimum absolute atomic E-state index is 0.0436. The van der Waals surface area contributed by atoms with Gasteiger partial charge in [0, 0.05) is 12.5 Å². The van der Waals surface area contributed by atoms with E-state index in [9.17, 15) is 9.59 Å². The van der Waals surface area contributed by atoms with Gasteiger partial charge in [0.15, 0.2) is 16.9 Å². The van der Waals surface area contributed by atoms with E-state index >= 15 is 0 Å². The summed E-state index contributed by atoms with van der Waals surface area (Å²) in [4.78, 5) is 25.7. The van der Waals surface area contributed by atoms with Gasteiger partial charge >= 0.3 is 0 Å². The quantitative estimate of drug-likeness (QED) is 0.641. The van der Waals surface area contributed by atoms with Crippen LogP contribution >= 0.6 is 11.8 Å². The number of thioether (sulfide) groups is 1. The van der Waals surface area contributed by atoms with Crippen LogP contribution in [0.1, 0.15) is 43.9 Å². The van der Waals surface area contributed by atoms with E-state index in [0.29, 0.717) is 35.0 Å². The standard InChI is InChI=1S/C24H29NO5S/c1-6-11-31-21-10-8-16-17(13-19(21)27)18(25-14(2)26)9-7-15-12-20(28-3)23(29-4)24(30-5)22(15)16/h8,10,12-13,18H,6-7,9,11H2,1-5H3,(H,25,26)/t18-/m0/s1. The van der Waals surface area contributed by atoms with Crippen LogP contribution < -0.4 is 25.0 Å². The third kappa shape index (κ3) is 4.66. The van der Waals surface area contributed by atoms with Gasteiger partial charge in [-0.15, -0.1) is 11.8 Å². The maximum Gasteiger partial charge on any atom is 0.217 e. The second-order valence-corrected chi connectivity index (χ2v) is 8.53. The minimum atomic E-state index is -0.286. The van der Waals surface area contributed by atoms with Gasteiger partial charge in [0.25, 0.3) is 0 Å². The molecule has 0 fully saturated rings. The molecule has 0 radical (unpaired) electrons. The van der Waals surface area contributed by atoms with Crippen molar-refractivity contribution in [1.82, 2.24) is 5.32 Å². The first-order chi connectivity index (χ1) is 14.9. The van der Waals surface area contributed by atoms with E-state index in [1.54, 1.807) is 39.2 Å². The van der Waals surface area contributed by atoms with Crippen LogP contribution in [0.15, 0.2) is 34.0 Å². The summed E-state index contributed by atoms with van der Waals surface area (Å²) in [7, 11) is 4.76. The fourth-order valence-corrected chi connectivity index (χ4v) is 4.81. The molecule has 3 rings (SSSR count). The van der Waals surface area contributed by atoms with Crippen LogP contribution in [-0.4, -0.2) is 33.0 Å². The number of hydrogen-bond acceptors (Lipinski definition) is 6. The average molecular weight is 444 g/mol. The Bertz CT molecular complexity index is 1040. The third-order valence-corrected chi connectivity index (χ3v) is 6.60. The first kappa shape index (κ1) is 23.0. The topological polar surface area (TPSA) is 73.9 Å². The summed E-state index contributed by atoms with van der Waals surface area (Å²) < 4.78 is 16.9. The largest absolute Gasteiger partial charge is 0.493 e. The van der Waals surface area contributed by atoms with E-state index in [1.807, 2.05) is 18.2 Å². The van der Waals surface area contributed by atoms with Crippen LogP contribution in [0.25, 0.3) is 11.1 Å². The summed E-state index contributed by atoms with van der Waals surface area (Å²) in [6.45, 7) is 3.58. The van der Waals surface area contributed by atoms with Crippen molar-refractivity contribution in [3.63, 3.8) is 0 Å². The number of ether oxygens (including phenoxy) is 3. The van der Waals surface area contributed by atoms with E-state index < -0.39 is 0 Å². The molecule has 0 saturated heterocycles. The molecule has 7 heteroatoms. The number of methoxy groups -OCH3 is 3. The summed E-state index contributed by atoms with van der Waals surface area (Å²) in [5.74, 6) is 2.37. The van der Waals surface area contributed by atoms with Crippen molar-refractivity contribution < 1.29 is 19.0 Å². The van der Waals surface area contributed by atoms with Crippen LogP contribution in [0.2, 0.25) is 0 Å². The monoisotopic (exact) mass is 443 g/mol. The van der Waals surface area contributed by atoms with Crippen LogP contribution in [0, 0.1) is 0 Å². The summed E-state index contributed by atoms with van der Waals surface area (Å²) >= 11 is 1.55. The highest BCUT2D eigenvalue weighted by Gasteiger charge is 2.29. The number of carbonyl (C=O) groups is 1. The van der Waals surface area contributed by atoms with E-state index in [0.717, 1.165) is 34.4 Å². The summed E-state index contributed by atoms with van der Waals surface area (Å²) in [5.41, 5.74) is 3.48. The lowest BCUT2D eigenvalue weighted by molar-refractivity contribution is -0.119. The van der Waals surface area contributed by atoms with Crippen molar-refractivity contribution in [2.45, 2.75) is 44.0 Å². The molecule has 6 nitrogen and oxygen atoms in total. The highest BCUT2D eigenvalue weighted by atomic mass is 32.2. The molecule has 0 heterocycles. The number of aryl methyl sites for hydroxylation is 1. The maximum absolute atomic E-state index is 13.0. The second-order valence-electron chi connectivity index (χ2n) is 7.39. The number of benzene rings is 1. The SMILES string of the molecule is CCCSc1ccc2c(cc1=O)[C@@H](NC(C)=O)CCc1cc(OC)c(OC)c(OC)c1-2. The zero-order valence-electron chi connectivity index (χ0n) is 18.7. The minimum Gasteiger partial charge on any atom is -0.493 e. The van der Waals surface area contributed by atoms with E-state index in [2.05, 4.69) is 12.2 Å². The molecule has 1 atom stereocenters. The fraction of sp³-hybridized carbons (Fsp3) is 0.417. The van der Waals surface area contributed by atoms with Gasteiger partial charge in [-0.2, -0.15) is 0 Å². The lowest BCUT2D eigenvalue weighted by Crippen LogP contribution is -2.26. The van der Waals surface area contributed by atoms with E-state index in [1.165, 1.54) is 6.92 Å². The van der Waals surface area contributed by atoms with Gasteiger partial charge in [-0.3, -0.25) is 9.59 Å². The van der Waals surface area contributed by atoms with Gasteiger partial charge in [0.05, 0.1) is 32.3 Å². The second kappa shape index (κ2) is 10.1. The lowest BCUT2D eigenvalue weighted by Gasteiger charge is -2.19. The van der Waals surface area contributed by atoms with Crippen LogP contribution in [0.5, 0.6) is 17.2 Å². The molecule has 0 bridgehead atoms. The van der Waals surface area contributed by atoms with Crippen molar-refractivity contribution in [2.75, 3.05) is 27.1 Å². The molecule has 2 aromatic rings. The zero-order valence-corrected chi connectivity index (χ0v) is 19.5. The van der Waals surface area contributed by atoms with Gasteiger partial charge < -0.3 is 19.5 Å². The Morgan fingerprint density at radius 3 is 2.48 bits per heavy atom.